The van der Waals surface area contributed by atoms with E-state index in [9.17, 15) is 22.8 Å². The van der Waals surface area contributed by atoms with Crippen LogP contribution in [-0.4, -0.2) is 45.3 Å². The minimum absolute atomic E-state index is 0.0912. The molecule has 11 heteroatoms. The van der Waals surface area contributed by atoms with Crippen LogP contribution in [0.5, 0.6) is 11.5 Å². The van der Waals surface area contributed by atoms with Crippen LogP contribution in [-0.2, 0) is 27.3 Å². The highest BCUT2D eigenvalue weighted by Crippen LogP contribution is 2.41. The molecule has 0 unspecified atom stereocenters. The topological polar surface area (TPSA) is 68.3 Å². The Morgan fingerprint density at radius 3 is 2.28 bits per heavy atom. The molecule has 0 aliphatic carbocycles. The summed E-state index contributed by atoms with van der Waals surface area (Å²) in [5.41, 5.74) is 0.243. The first-order valence-electron chi connectivity index (χ1n) is 14.1. The van der Waals surface area contributed by atoms with Crippen molar-refractivity contribution in [2.45, 2.75) is 39.2 Å². The summed E-state index contributed by atoms with van der Waals surface area (Å²) in [6, 6.07) is 11.2. The van der Waals surface area contributed by atoms with Crippen LogP contribution in [0.1, 0.15) is 37.3 Å². The van der Waals surface area contributed by atoms with Crippen LogP contribution in [0, 0.1) is 28.7 Å². The fourth-order valence-electron chi connectivity index (χ4n) is 5.67. The summed E-state index contributed by atoms with van der Waals surface area (Å²) in [7, 11) is 1.55. The van der Waals surface area contributed by atoms with Crippen LogP contribution in [0.3, 0.4) is 0 Å². The second-order valence-corrected chi connectivity index (χ2v) is 10.7. The maximum absolute atomic E-state index is 15.3. The highest BCUT2D eigenvalue weighted by Gasteiger charge is 2.44. The smallest absolute Gasteiger partial charge is 0.315 e. The van der Waals surface area contributed by atoms with Gasteiger partial charge in [-0.1, -0.05) is 12.1 Å². The molecule has 0 aromatic heterocycles. The first kappa shape index (κ1) is 30.2. The standard InChI is InChI=1S/C32H32F4N2O5/c1-3-42-31(40)32(12-14-37(15-13-32)27-17-25(35)24(34)16-26(27)36)19-43-28-10-9-23(33)30-22(28)8-11-29(39)38(30)18-20-4-6-21(41-2)7-5-20/h4-7,9-10,16-17H,3,8,11-15,18-19H2,1-2H3. The van der Waals surface area contributed by atoms with Crippen LogP contribution in [0.4, 0.5) is 28.9 Å². The van der Waals surface area contributed by atoms with Crippen LogP contribution >= 0.6 is 0 Å². The molecule has 2 heterocycles. The van der Waals surface area contributed by atoms with E-state index in [4.69, 9.17) is 14.2 Å². The van der Waals surface area contributed by atoms with Gasteiger partial charge in [-0.3, -0.25) is 9.59 Å². The zero-order valence-electron chi connectivity index (χ0n) is 23.9. The Morgan fingerprint density at radius 2 is 1.60 bits per heavy atom. The van der Waals surface area contributed by atoms with Gasteiger partial charge in [0.05, 0.1) is 31.6 Å². The molecule has 0 N–H and O–H groups in total. The van der Waals surface area contributed by atoms with Gasteiger partial charge in [0.2, 0.25) is 5.91 Å². The summed E-state index contributed by atoms with van der Waals surface area (Å²) in [4.78, 5) is 29.1. The third kappa shape index (κ3) is 6.11. The normalized spacial score (nSPS) is 16.1. The van der Waals surface area contributed by atoms with Crippen LogP contribution < -0.4 is 19.3 Å². The van der Waals surface area contributed by atoms with E-state index in [1.165, 1.54) is 17.0 Å². The van der Waals surface area contributed by atoms with E-state index in [2.05, 4.69) is 0 Å². The summed E-state index contributed by atoms with van der Waals surface area (Å²) < 4.78 is 73.8. The Labute approximate surface area is 246 Å². The van der Waals surface area contributed by atoms with E-state index >= 15 is 4.39 Å². The Hall–Kier alpha value is -4.28. The first-order chi connectivity index (χ1) is 20.7. The Morgan fingerprint density at radius 1 is 0.907 bits per heavy atom. The second-order valence-electron chi connectivity index (χ2n) is 10.7. The average Bonchev–Trinajstić information content (AvgIpc) is 3.00. The lowest BCUT2D eigenvalue weighted by Gasteiger charge is -2.41. The van der Waals surface area contributed by atoms with E-state index in [1.807, 2.05) is 0 Å². The van der Waals surface area contributed by atoms with Crippen LogP contribution in [0.25, 0.3) is 0 Å². The van der Waals surface area contributed by atoms with Gasteiger partial charge in [0.25, 0.3) is 0 Å². The number of carbonyl (C=O) groups is 2. The van der Waals surface area contributed by atoms with Crippen molar-refractivity contribution in [2.75, 3.05) is 43.2 Å². The minimum atomic E-state index is -1.28. The number of carbonyl (C=O) groups excluding carboxylic acids is 2. The number of ether oxygens (including phenoxy) is 3. The number of anilines is 2. The molecule has 2 aliphatic rings. The molecule has 0 saturated carbocycles. The number of fused-ring (bicyclic) bond motifs is 1. The zero-order chi connectivity index (χ0) is 30.7. The van der Waals surface area contributed by atoms with Crippen molar-refractivity contribution in [2.24, 2.45) is 5.41 Å². The SMILES string of the molecule is CCOC(=O)C1(COc2ccc(F)c3c2CCC(=O)N3Cc2ccc(OC)cc2)CCN(c2cc(F)c(F)cc2F)CC1. The molecule has 7 nitrogen and oxygen atoms in total. The molecule has 0 atom stereocenters. The Balaban J connectivity index is 1.37. The van der Waals surface area contributed by atoms with Gasteiger partial charge in [-0.15, -0.1) is 0 Å². The number of halogens is 4. The number of hydrogen-bond acceptors (Lipinski definition) is 6. The van der Waals surface area contributed by atoms with E-state index in [0.717, 1.165) is 11.6 Å². The largest absolute Gasteiger partial charge is 0.497 e. The molecule has 0 spiro atoms. The Bertz CT molecular complexity index is 1510. The van der Waals surface area contributed by atoms with E-state index < -0.39 is 34.7 Å². The molecule has 0 bridgehead atoms. The highest BCUT2D eigenvalue weighted by molar-refractivity contribution is 5.97. The number of methoxy groups -OCH3 is 1. The number of nitrogens with zero attached hydrogens (tertiary/aromatic N) is 2. The van der Waals surface area contributed by atoms with Crippen molar-refractivity contribution in [3.05, 3.63) is 82.9 Å². The van der Waals surface area contributed by atoms with Gasteiger partial charge in [0, 0.05) is 37.2 Å². The van der Waals surface area contributed by atoms with E-state index in [0.29, 0.717) is 23.1 Å². The van der Waals surface area contributed by atoms with Gasteiger partial charge in [-0.05, 0) is 56.0 Å². The second kappa shape index (κ2) is 12.5. The molecule has 43 heavy (non-hydrogen) atoms. The highest BCUT2D eigenvalue weighted by atomic mass is 19.2. The molecular weight excluding hydrogens is 568 g/mol. The predicted octanol–water partition coefficient (Wildman–Crippen LogP) is 5.96. The lowest BCUT2D eigenvalue weighted by atomic mass is 9.78. The number of amides is 1. The van der Waals surface area contributed by atoms with Crippen molar-refractivity contribution in [1.29, 1.82) is 0 Å². The van der Waals surface area contributed by atoms with Gasteiger partial charge in [0.15, 0.2) is 11.6 Å². The number of esters is 1. The summed E-state index contributed by atoms with van der Waals surface area (Å²) >= 11 is 0. The molecule has 0 radical (unpaired) electrons. The van der Waals surface area contributed by atoms with Crippen LogP contribution in [0.2, 0.25) is 0 Å². The summed E-state index contributed by atoms with van der Waals surface area (Å²) in [5.74, 6) is -3.61. The summed E-state index contributed by atoms with van der Waals surface area (Å²) in [6.07, 6.45) is 0.794. The summed E-state index contributed by atoms with van der Waals surface area (Å²) in [5, 5.41) is 0. The lowest BCUT2D eigenvalue weighted by Crippen LogP contribution is -2.48. The average molecular weight is 601 g/mol. The molecule has 3 aromatic carbocycles. The van der Waals surface area contributed by atoms with Crippen molar-refractivity contribution < 1.29 is 41.4 Å². The maximum atomic E-state index is 15.3. The molecule has 2 aliphatic heterocycles. The molecule has 1 amide bonds. The number of piperidine rings is 1. The number of hydrogen-bond donors (Lipinski definition) is 0. The molecule has 1 saturated heterocycles. The van der Waals surface area contributed by atoms with Crippen molar-refractivity contribution in [1.82, 2.24) is 0 Å². The predicted molar refractivity (Wildman–Crippen MR) is 151 cm³/mol. The lowest BCUT2D eigenvalue weighted by molar-refractivity contribution is -0.159. The number of rotatable bonds is 9. The fourth-order valence-corrected chi connectivity index (χ4v) is 5.67. The third-order valence-electron chi connectivity index (χ3n) is 8.11. The third-order valence-corrected chi connectivity index (χ3v) is 8.11. The molecule has 228 valence electrons. The Kier molecular flexibility index (Phi) is 8.79. The molecule has 3 aromatic rings. The minimum Gasteiger partial charge on any atom is -0.497 e. The van der Waals surface area contributed by atoms with Crippen molar-refractivity contribution in [3.8, 4) is 11.5 Å². The fraction of sp³-hybridized carbons (Fsp3) is 0.375. The first-order valence-corrected chi connectivity index (χ1v) is 14.1. The molecular formula is C32H32F4N2O5. The van der Waals surface area contributed by atoms with Gasteiger partial charge in [0.1, 0.15) is 35.2 Å². The van der Waals surface area contributed by atoms with Crippen LogP contribution in [0.15, 0.2) is 48.5 Å². The van der Waals surface area contributed by atoms with Gasteiger partial charge >= 0.3 is 5.97 Å². The van der Waals surface area contributed by atoms with E-state index in [-0.39, 0.29) is 75.8 Å². The monoisotopic (exact) mass is 600 g/mol. The van der Waals surface area contributed by atoms with Crippen molar-refractivity contribution >= 4 is 23.3 Å². The van der Waals surface area contributed by atoms with Gasteiger partial charge in [-0.25, -0.2) is 17.6 Å². The zero-order valence-corrected chi connectivity index (χ0v) is 23.9. The quantitative estimate of drug-likeness (QED) is 0.172. The van der Waals surface area contributed by atoms with Crippen molar-refractivity contribution in [3.63, 3.8) is 0 Å². The van der Waals surface area contributed by atoms with Gasteiger partial charge in [-0.2, -0.15) is 0 Å². The van der Waals surface area contributed by atoms with Gasteiger partial charge < -0.3 is 24.0 Å². The summed E-state index contributed by atoms with van der Waals surface area (Å²) in [6.45, 7) is 2.19. The van der Waals surface area contributed by atoms with E-state index in [1.54, 1.807) is 43.2 Å². The molecule has 5 rings (SSSR count). The maximum Gasteiger partial charge on any atom is 0.315 e. The molecule has 1 fully saturated rings. The number of benzene rings is 3.